The van der Waals surface area contributed by atoms with E-state index in [2.05, 4.69) is 4.98 Å². The van der Waals surface area contributed by atoms with Crippen LogP contribution in [0.4, 0.5) is 11.5 Å². The highest BCUT2D eigenvalue weighted by Crippen LogP contribution is 2.19. The van der Waals surface area contributed by atoms with Crippen LogP contribution in [0.3, 0.4) is 0 Å². The highest BCUT2D eigenvalue weighted by atomic mass is 16.3. The number of primary amides is 1. The number of pyridine rings is 1. The van der Waals surface area contributed by atoms with Crippen molar-refractivity contribution in [1.82, 2.24) is 4.98 Å². The molecule has 5 N–H and O–H groups in total. The lowest BCUT2D eigenvalue weighted by atomic mass is 10.3. The molecule has 0 saturated heterocycles. The maximum Gasteiger partial charge on any atom is 0.267 e. The van der Waals surface area contributed by atoms with Crippen molar-refractivity contribution in [3.8, 4) is 0 Å². The maximum atomic E-state index is 11.0. The van der Waals surface area contributed by atoms with E-state index in [0.29, 0.717) is 18.1 Å². The quantitative estimate of drug-likeness (QED) is 0.644. The molecule has 1 aromatic heterocycles. The van der Waals surface area contributed by atoms with E-state index in [1.54, 1.807) is 24.9 Å². The highest BCUT2D eigenvalue weighted by molar-refractivity contribution is 5.91. The zero-order valence-corrected chi connectivity index (χ0v) is 9.34. The van der Waals surface area contributed by atoms with Gasteiger partial charge in [-0.2, -0.15) is 0 Å². The van der Waals surface area contributed by atoms with E-state index >= 15 is 0 Å². The first-order chi connectivity index (χ1) is 7.41. The lowest BCUT2D eigenvalue weighted by Crippen LogP contribution is -2.29. The van der Waals surface area contributed by atoms with Crippen LogP contribution in [0.2, 0.25) is 0 Å². The van der Waals surface area contributed by atoms with E-state index in [0.717, 1.165) is 0 Å². The van der Waals surface area contributed by atoms with Gasteiger partial charge in [-0.05, 0) is 19.1 Å². The van der Waals surface area contributed by atoms with Crippen LogP contribution in [0.25, 0.3) is 0 Å². The molecule has 0 aliphatic rings. The molecule has 0 bridgehead atoms. The molecule has 0 aromatic carbocycles. The fourth-order valence-electron chi connectivity index (χ4n) is 1.38. The summed E-state index contributed by atoms with van der Waals surface area (Å²) in [6.45, 7) is 2.03. The van der Waals surface area contributed by atoms with Gasteiger partial charge in [0.05, 0.1) is 11.8 Å². The summed E-state index contributed by atoms with van der Waals surface area (Å²) < 4.78 is 0. The Morgan fingerprint density at radius 1 is 1.62 bits per heavy atom. The van der Waals surface area contributed by atoms with Crippen LogP contribution in [0.15, 0.2) is 12.1 Å². The Kier molecular flexibility index (Phi) is 3.68. The molecule has 1 amide bonds. The molecule has 1 aromatic rings. The van der Waals surface area contributed by atoms with Crippen LogP contribution in [0.1, 0.15) is 17.4 Å². The molecular formula is C10H16N4O2. The van der Waals surface area contributed by atoms with Crippen LogP contribution >= 0.6 is 0 Å². The number of nitrogens with two attached hydrogens (primary N) is 2. The van der Waals surface area contributed by atoms with Gasteiger partial charge in [0.2, 0.25) is 0 Å². The number of hydrogen-bond acceptors (Lipinski definition) is 5. The Labute approximate surface area is 93.9 Å². The number of hydrogen-bond donors (Lipinski definition) is 3. The van der Waals surface area contributed by atoms with Gasteiger partial charge in [0.15, 0.2) is 5.82 Å². The minimum absolute atomic E-state index is 0.154. The average Bonchev–Trinajstić information content (AvgIpc) is 2.16. The number of anilines is 2. The first-order valence-corrected chi connectivity index (χ1v) is 4.87. The lowest BCUT2D eigenvalue weighted by molar-refractivity contribution is 0.0995. The summed E-state index contributed by atoms with van der Waals surface area (Å²) in [7, 11) is 1.73. The number of aliphatic hydroxyl groups excluding tert-OH is 1. The SMILES string of the molecule is CC(O)CN(C)c1nc(C(N)=O)ccc1N. The van der Waals surface area contributed by atoms with Crippen molar-refractivity contribution in [3.63, 3.8) is 0 Å². The number of likely N-dealkylation sites (N-methyl/N-ethyl adjacent to an activating group) is 1. The summed E-state index contributed by atoms with van der Waals surface area (Å²) in [6.07, 6.45) is -0.511. The fraction of sp³-hybridized carbons (Fsp3) is 0.400. The third-order valence-corrected chi connectivity index (χ3v) is 2.06. The number of aliphatic hydroxyl groups is 1. The van der Waals surface area contributed by atoms with Crippen LogP contribution in [0.5, 0.6) is 0 Å². The second kappa shape index (κ2) is 4.80. The van der Waals surface area contributed by atoms with Gasteiger partial charge in [0, 0.05) is 13.6 Å². The van der Waals surface area contributed by atoms with Crippen molar-refractivity contribution in [2.45, 2.75) is 13.0 Å². The number of rotatable bonds is 4. The van der Waals surface area contributed by atoms with Gasteiger partial charge in [-0.25, -0.2) is 4.98 Å². The van der Waals surface area contributed by atoms with E-state index in [-0.39, 0.29) is 5.69 Å². The average molecular weight is 224 g/mol. The molecule has 0 aliphatic heterocycles. The Morgan fingerprint density at radius 2 is 2.25 bits per heavy atom. The van der Waals surface area contributed by atoms with Crippen molar-refractivity contribution in [2.75, 3.05) is 24.2 Å². The molecule has 1 atom stereocenters. The molecule has 1 unspecified atom stereocenters. The summed E-state index contributed by atoms with van der Waals surface area (Å²) in [5.74, 6) is -0.163. The molecule has 0 saturated carbocycles. The van der Waals surface area contributed by atoms with Gasteiger partial charge in [0.25, 0.3) is 5.91 Å². The smallest absolute Gasteiger partial charge is 0.267 e. The minimum Gasteiger partial charge on any atom is -0.396 e. The number of amides is 1. The number of nitrogens with zero attached hydrogens (tertiary/aromatic N) is 2. The fourth-order valence-corrected chi connectivity index (χ4v) is 1.38. The van der Waals surface area contributed by atoms with Gasteiger partial charge < -0.3 is 21.5 Å². The number of carbonyl (C=O) groups excluding carboxylic acids is 1. The maximum absolute atomic E-state index is 11.0. The Morgan fingerprint density at radius 3 is 2.75 bits per heavy atom. The topological polar surface area (TPSA) is 105 Å². The van der Waals surface area contributed by atoms with Crippen LogP contribution in [0, 0.1) is 0 Å². The third kappa shape index (κ3) is 2.83. The number of carbonyl (C=O) groups is 1. The minimum atomic E-state index is -0.605. The summed E-state index contributed by atoms with van der Waals surface area (Å²) in [6, 6.07) is 3.04. The molecule has 0 radical (unpaired) electrons. The molecule has 0 spiro atoms. The standard InChI is InChI=1S/C10H16N4O2/c1-6(15)5-14(2)10-7(11)3-4-8(13-10)9(12)16/h3-4,6,15H,5,11H2,1-2H3,(H2,12,16). The predicted molar refractivity (Wildman–Crippen MR) is 62.1 cm³/mol. The van der Waals surface area contributed by atoms with Gasteiger partial charge in [-0.3, -0.25) is 4.79 Å². The molecule has 0 aliphatic carbocycles. The molecule has 1 rings (SSSR count). The van der Waals surface area contributed by atoms with Gasteiger partial charge in [-0.1, -0.05) is 0 Å². The van der Waals surface area contributed by atoms with E-state index in [1.165, 1.54) is 6.07 Å². The van der Waals surface area contributed by atoms with Crippen molar-refractivity contribution in [2.24, 2.45) is 5.73 Å². The van der Waals surface area contributed by atoms with Crippen molar-refractivity contribution in [3.05, 3.63) is 17.8 Å². The molecule has 6 nitrogen and oxygen atoms in total. The summed E-state index contributed by atoms with van der Waals surface area (Å²) in [5.41, 5.74) is 11.4. The third-order valence-electron chi connectivity index (χ3n) is 2.06. The van der Waals surface area contributed by atoms with E-state index in [4.69, 9.17) is 11.5 Å². The monoisotopic (exact) mass is 224 g/mol. The first-order valence-electron chi connectivity index (χ1n) is 4.87. The summed E-state index contributed by atoms with van der Waals surface area (Å²) in [5, 5.41) is 9.25. The zero-order valence-electron chi connectivity index (χ0n) is 9.34. The number of nitrogen functional groups attached to an aromatic ring is 1. The lowest BCUT2D eigenvalue weighted by Gasteiger charge is -2.21. The predicted octanol–water partition coefficient (Wildman–Crippen LogP) is -0.420. The molecule has 16 heavy (non-hydrogen) atoms. The molecule has 6 heteroatoms. The van der Waals surface area contributed by atoms with E-state index < -0.39 is 12.0 Å². The zero-order chi connectivity index (χ0) is 12.3. The molecule has 1 heterocycles. The van der Waals surface area contributed by atoms with Crippen LogP contribution in [-0.4, -0.2) is 35.7 Å². The largest absolute Gasteiger partial charge is 0.396 e. The van der Waals surface area contributed by atoms with Crippen molar-refractivity contribution < 1.29 is 9.90 Å². The van der Waals surface area contributed by atoms with Crippen LogP contribution in [-0.2, 0) is 0 Å². The summed E-state index contributed by atoms with van der Waals surface area (Å²) in [4.78, 5) is 16.7. The van der Waals surface area contributed by atoms with Crippen molar-refractivity contribution >= 4 is 17.4 Å². The second-order valence-corrected chi connectivity index (χ2v) is 3.70. The normalized spacial score (nSPS) is 12.2. The van der Waals surface area contributed by atoms with Crippen LogP contribution < -0.4 is 16.4 Å². The summed E-state index contributed by atoms with van der Waals surface area (Å²) >= 11 is 0. The van der Waals surface area contributed by atoms with E-state index in [9.17, 15) is 9.90 Å². The second-order valence-electron chi connectivity index (χ2n) is 3.70. The molecule has 0 fully saturated rings. The Bertz CT molecular complexity index is 392. The molecule has 88 valence electrons. The highest BCUT2D eigenvalue weighted by Gasteiger charge is 2.12. The van der Waals surface area contributed by atoms with Gasteiger partial charge in [0.1, 0.15) is 5.69 Å². The van der Waals surface area contributed by atoms with E-state index in [1.807, 2.05) is 0 Å². The Hall–Kier alpha value is -1.82. The molecular weight excluding hydrogens is 208 g/mol. The van der Waals surface area contributed by atoms with Gasteiger partial charge >= 0.3 is 0 Å². The van der Waals surface area contributed by atoms with Crippen molar-refractivity contribution in [1.29, 1.82) is 0 Å². The van der Waals surface area contributed by atoms with Gasteiger partial charge in [-0.15, -0.1) is 0 Å². The Balaban J connectivity index is 3.02. The number of aromatic nitrogens is 1. The first kappa shape index (κ1) is 12.3.